The number of carbonyl (C=O) groups is 2. The Bertz CT molecular complexity index is 1330. The molecule has 0 saturated carbocycles. The predicted octanol–water partition coefficient (Wildman–Crippen LogP) is 5.78. The summed E-state index contributed by atoms with van der Waals surface area (Å²) in [6.07, 6.45) is 0.850. The smallest absolute Gasteiger partial charge is 0.300 e. The van der Waals surface area contributed by atoms with Gasteiger partial charge in [-0.1, -0.05) is 37.3 Å². The van der Waals surface area contributed by atoms with Gasteiger partial charge in [0.1, 0.15) is 11.5 Å². The number of hydrogen-bond acceptors (Lipinski definition) is 5. The zero-order chi connectivity index (χ0) is 26.0. The number of benzene rings is 3. The zero-order valence-electron chi connectivity index (χ0n) is 21.4. The number of anilines is 2. The number of Topliss-reactive ketones (excluding diaryl/α,β-unsaturated/α-hetero) is 1. The zero-order valence-corrected chi connectivity index (χ0v) is 21.4. The van der Waals surface area contributed by atoms with Crippen molar-refractivity contribution in [1.82, 2.24) is 0 Å². The first kappa shape index (κ1) is 25.0. The van der Waals surface area contributed by atoms with Crippen LogP contribution in [0.25, 0.3) is 5.76 Å². The molecule has 1 unspecified atom stereocenters. The van der Waals surface area contributed by atoms with E-state index in [2.05, 4.69) is 0 Å². The van der Waals surface area contributed by atoms with E-state index in [-0.39, 0.29) is 11.3 Å². The van der Waals surface area contributed by atoms with Gasteiger partial charge in [0, 0.05) is 37.1 Å². The molecular weight excluding hydrogens is 452 g/mol. The van der Waals surface area contributed by atoms with E-state index in [1.165, 1.54) is 4.90 Å². The van der Waals surface area contributed by atoms with Crippen molar-refractivity contribution in [3.63, 3.8) is 0 Å². The number of aliphatic hydroxyl groups excluding tert-OH is 1. The molecule has 4 rings (SSSR count). The minimum atomic E-state index is -0.788. The van der Waals surface area contributed by atoms with Crippen molar-refractivity contribution in [1.29, 1.82) is 0 Å². The van der Waals surface area contributed by atoms with Crippen LogP contribution in [0.3, 0.4) is 0 Å². The topological polar surface area (TPSA) is 70.1 Å². The summed E-state index contributed by atoms with van der Waals surface area (Å²) in [5.41, 5.74) is 4.89. The van der Waals surface area contributed by atoms with Crippen molar-refractivity contribution in [3.05, 3.63) is 94.6 Å². The summed E-state index contributed by atoms with van der Waals surface area (Å²) in [5, 5.41) is 11.4. The molecule has 186 valence electrons. The van der Waals surface area contributed by atoms with Crippen LogP contribution in [0.15, 0.2) is 72.3 Å². The van der Waals surface area contributed by atoms with Gasteiger partial charge < -0.3 is 14.7 Å². The molecule has 1 amide bonds. The lowest BCUT2D eigenvalue weighted by molar-refractivity contribution is -0.132. The Kier molecular flexibility index (Phi) is 7.15. The second-order valence-corrected chi connectivity index (χ2v) is 9.30. The Morgan fingerprint density at radius 3 is 2.33 bits per heavy atom. The van der Waals surface area contributed by atoms with Gasteiger partial charge in [0.2, 0.25) is 0 Å². The van der Waals surface area contributed by atoms with Crippen LogP contribution in [-0.4, -0.2) is 37.5 Å². The largest absolute Gasteiger partial charge is 0.507 e. The quantitative estimate of drug-likeness (QED) is 0.261. The lowest BCUT2D eigenvalue weighted by Crippen LogP contribution is -2.29. The van der Waals surface area contributed by atoms with Crippen LogP contribution in [0.5, 0.6) is 5.75 Å². The maximum absolute atomic E-state index is 13.4. The maximum atomic E-state index is 13.4. The summed E-state index contributed by atoms with van der Waals surface area (Å²) >= 11 is 0. The van der Waals surface area contributed by atoms with Crippen molar-refractivity contribution in [2.45, 2.75) is 33.2 Å². The lowest BCUT2D eigenvalue weighted by atomic mass is 9.94. The van der Waals surface area contributed by atoms with Crippen LogP contribution >= 0.6 is 0 Å². The molecule has 3 aromatic rings. The third-order valence-corrected chi connectivity index (χ3v) is 6.52. The Balaban J connectivity index is 1.90. The van der Waals surface area contributed by atoms with Gasteiger partial charge in [0.25, 0.3) is 11.7 Å². The number of ketones is 1. The van der Waals surface area contributed by atoms with Crippen LogP contribution in [0, 0.1) is 13.8 Å². The SMILES string of the molecule is CCCOc1cccc(N2C(=O)C(=O)/C(=C(/O)c3ccc(C)c(C)c3)C2c2ccc(N(C)C)cc2)c1. The minimum Gasteiger partial charge on any atom is -0.507 e. The molecule has 1 aliphatic heterocycles. The molecule has 1 saturated heterocycles. The van der Waals surface area contributed by atoms with E-state index >= 15 is 0 Å². The number of aryl methyl sites for hydroxylation is 2. The van der Waals surface area contributed by atoms with Crippen LogP contribution in [-0.2, 0) is 9.59 Å². The molecule has 0 aromatic heterocycles. The van der Waals surface area contributed by atoms with E-state index in [4.69, 9.17) is 4.74 Å². The number of amides is 1. The molecule has 0 bridgehead atoms. The molecule has 36 heavy (non-hydrogen) atoms. The van der Waals surface area contributed by atoms with Crippen molar-refractivity contribution in [2.75, 3.05) is 30.5 Å². The van der Waals surface area contributed by atoms with Gasteiger partial charge in [-0.05, 0) is 67.3 Å². The van der Waals surface area contributed by atoms with Crippen LogP contribution in [0.4, 0.5) is 11.4 Å². The third-order valence-electron chi connectivity index (χ3n) is 6.52. The van der Waals surface area contributed by atoms with Gasteiger partial charge in [-0.2, -0.15) is 0 Å². The summed E-state index contributed by atoms with van der Waals surface area (Å²) in [6.45, 7) is 6.50. The van der Waals surface area contributed by atoms with Crippen LogP contribution in [0.2, 0.25) is 0 Å². The Morgan fingerprint density at radius 1 is 0.972 bits per heavy atom. The molecule has 1 heterocycles. The molecule has 3 aromatic carbocycles. The Morgan fingerprint density at radius 2 is 1.69 bits per heavy atom. The summed E-state index contributed by atoms with van der Waals surface area (Å²) in [4.78, 5) is 30.3. The standard InChI is InChI=1S/C30H32N2O4/c1-6-16-36-25-9-7-8-24(18-25)32-27(21-12-14-23(15-13-21)31(4)5)26(29(34)30(32)35)28(33)22-11-10-19(2)20(3)17-22/h7-15,17-18,27,33H,6,16H2,1-5H3/b28-26+. The van der Waals surface area contributed by atoms with Gasteiger partial charge in [0.05, 0.1) is 18.2 Å². The highest BCUT2D eigenvalue weighted by Crippen LogP contribution is 2.43. The molecule has 1 aliphatic rings. The van der Waals surface area contributed by atoms with Crippen LogP contribution < -0.4 is 14.5 Å². The number of hydrogen-bond donors (Lipinski definition) is 1. The predicted molar refractivity (Wildman–Crippen MR) is 144 cm³/mol. The molecule has 1 N–H and O–H groups in total. The summed E-state index contributed by atoms with van der Waals surface area (Å²) in [7, 11) is 3.89. The fourth-order valence-corrected chi connectivity index (χ4v) is 4.36. The highest BCUT2D eigenvalue weighted by molar-refractivity contribution is 6.51. The minimum absolute atomic E-state index is 0.0701. The summed E-state index contributed by atoms with van der Waals surface area (Å²) < 4.78 is 5.78. The number of ether oxygens (including phenoxy) is 1. The monoisotopic (exact) mass is 484 g/mol. The Labute approximate surface area is 212 Å². The van der Waals surface area contributed by atoms with E-state index < -0.39 is 17.7 Å². The first-order valence-corrected chi connectivity index (χ1v) is 12.1. The number of aliphatic hydroxyl groups is 1. The average Bonchev–Trinajstić information content (AvgIpc) is 3.14. The molecular formula is C30H32N2O4. The van der Waals surface area contributed by atoms with E-state index in [1.807, 2.05) is 82.2 Å². The van der Waals surface area contributed by atoms with Crippen LogP contribution in [0.1, 0.15) is 41.6 Å². The van der Waals surface area contributed by atoms with E-state index in [0.717, 1.165) is 28.8 Å². The van der Waals surface area contributed by atoms with E-state index in [0.29, 0.717) is 23.6 Å². The number of nitrogens with zero attached hydrogens (tertiary/aromatic N) is 2. The molecule has 0 spiro atoms. The van der Waals surface area contributed by atoms with Gasteiger partial charge in [-0.25, -0.2) is 0 Å². The molecule has 1 fully saturated rings. The van der Waals surface area contributed by atoms with E-state index in [9.17, 15) is 14.7 Å². The second-order valence-electron chi connectivity index (χ2n) is 9.30. The number of carbonyl (C=O) groups excluding carboxylic acids is 2. The Hall–Kier alpha value is -4.06. The van der Waals surface area contributed by atoms with Crippen molar-refractivity contribution in [2.24, 2.45) is 0 Å². The van der Waals surface area contributed by atoms with Crippen molar-refractivity contribution < 1.29 is 19.4 Å². The fourth-order valence-electron chi connectivity index (χ4n) is 4.36. The van der Waals surface area contributed by atoms with Crippen molar-refractivity contribution in [3.8, 4) is 5.75 Å². The van der Waals surface area contributed by atoms with E-state index in [1.54, 1.807) is 24.3 Å². The maximum Gasteiger partial charge on any atom is 0.300 e. The second kappa shape index (κ2) is 10.3. The first-order valence-electron chi connectivity index (χ1n) is 12.1. The summed E-state index contributed by atoms with van der Waals surface area (Å²) in [6, 6.07) is 19.5. The molecule has 6 heteroatoms. The summed E-state index contributed by atoms with van der Waals surface area (Å²) in [5.74, 6) is -0.965. The highest BCUT2D eigenvalue weighted by Gasteiger charge is 2.47. The number of rotatable bonds is 7. The van der Waals surface area contributed by atoms with Gasteiger partial charge in [-0.15, -0.1) is 0 Å². The molecule has 0 radical (unpaired) electrons. The fraction of sp³-hybridized carbons (Fsp3) is 0.267. The third kappa shape index (κ3) is 4.71. The van der Waals surface area contributed by atoms with Gasteiger partial charge in [0.15, 0.2) is 0 Å². The lowest BCUT2D eigenvalue weighted by Gasteiger charge is -2.26. The normalized spacial score (nSPS) is 16.9. The van der Waals surface area contributed by atoms with Gasteiger partial charge >= 0.3 is 0 Å². The molecule has 6 nitrogen and oxygen atoms in total. The first-order chi connectivity index (χ1) is 17.2. The van der Waals surface area contributed by atoms with Crippen molar-refractivity contribution >= 4 is 28.8 Å². The average molecular weight is 485 g/mol. The molecule has 1 atom stereocenters. The highest BCUT2D eigenvalue weighted by atomic mass is 16.5. The van der Waals surface area contributed by atoms with Gasteiger partial charge in [-0.3, -0.25) is 14.5 Å². The molecule has 0 aliphatic carbocycles.